The summed E-state index contributed by atoms with van der Waals surface area (Å²) in [5, 5.41) is 18.8. The standard InChI is InChI=1S/C12H12O5/c1-7(13)9(12(16)17-2)6-8-4-3-5-10(14)11(8)15/h3-6,14-15H,1-2H3/b9-6+. The second-order valence-corrected chi connectivity index (χ2v) is 3.32. The van der Waals surface area contributed by atoms with Gasteiger partial charge in [0, 0.05) is 5.56 Å². The zero-order valence-electron chi connectivity index (χ0n) is 9.43. The highest BCUT2D eigenvalue weighted by atomic mass is 16.5. The van der Waals surface area contributed by atoms with Gasteiger partial charge in [0.2, 0.25) is 0 Å². The normalized spacial score (nSPS) is 11.1. The zero-order valence-corrected chi connectivity index (χ0v) is 9.43. The van der Waals surface area contributed by atoms with E-state index in [0.717, 1.165) is 7.11 Å². The third-order valence-corrected chi connectivity index (χ3v) is 2.13. The van der Waals surface area contributed by atoms with Gasteiger partial charge in [-0.1, -0.05) is 12.1 Å². The molecule has 90 valence electrons. The molecule has 17 heavy (non-hydrogen) atoms. The van der Waals surface area contributed by atoms with Crippen LogP contribution in [0.2, 0.25) is 0 Å². The lowest BCUT2D eigenvalue weighted by molar-refractivity contribution is -0.137. The topological polar surface area (TPSA) is 83.8 Å². The number of carbonyl (C=O) groups is 2. The highest BCUT2D eigenvalue weighted by Gasteiger charge is 2.16. The molecule has 0 heterocycles. The van der Waals surface area contributed by atoms with Crippen LogP contribution in [0.4, 0.5) is 0 Å². The molecule has 0 spiro atoms. The Bertz CT molecular complexity index is 488. The van der Waals surface area contributed by atoms with Crippen molar-refractivity contribution in [2.75, 3.05) is 7.11 Å². The van der Waals surface area contributed by atoms with Crippen LogP contribution in [-0.4, -0.2) is 29.1 Å². The van der Waals surface area contributed by atoms with E-state index in [0.29, 0.717) is 0 Å². The van der Waals surface area contributed by atoms with E-state index in [1.54, 1.807) is 0 Å². The maximum atomic E-state index is 11.3. The van der Waals surface area contributed by atoms with Crippen LogP contribution in [0.15, 0.2) is 23.8 Å². The van der Waals surface area contributed by atoms with Gasteiger partial charge in [0.05, 0.1) is 7.11 Å². The number of ether oxygens (including phenoxy) is 1. The highest BCUT2D eigenvalue weighted by Crippen LogP contribution is 2.29. The van der Waals surface area contributed by atoms with E-state index < -0.39 is 17.5 Å². The summed E-state index contributed by atoms with van der Waals surface area (Å²) >= 11 is 0. The van der Waals surface area contributed by atoms with Crippen LogP contribution in [0.1, 0.15) is 12.5 Å². The maximum Gasteiger partial charge on any atom is 0.341 e. The number of hydrogen-bond acceptors (Lipinski definition) is 5. The molecule has 0 aliphatic heterocycles. The molecule has 0 aliphatic rings. The Labute approximate surface area is 98.0 Å². The minimum Gasteiger partial charge on any atom is -0.504 e. The van der Waals surface area contributed by atoms with Crippen LogP contribution < -0.4 is 0 Å². The number of carbonyl (C=O) groups excluding carboxylic acids is 2. The summed E-state index contributed by atoms with van der Waals surface area (Å²) in [6.07, 6.45) is 1.17. The summed E-state index contributed by atoms with van der Waals surface area (Å²) < 4.78 is 4.44. The average Bonchev–Trinajstić information content (AvgIpc) is 2.29. The lowest BCUT2D eigenvalue weighted by atomic mass is 10.1. The summed E-state index contributed by atoms with van der Waals surface area (Å²) in [6, 6.07) is 4.23. The SMILES string of the molecule is COC(=O)/C(=C/c1cccc(O)c1O)C(C)=O. The van der Waals surface area contributed by atoms with Gasteiger partial charge in [-0.05, 0) is 19.1 Å². The van der Waals surface area contributed by atoms with Gasteiger partial charge in [0.1, 0.15) is 5.57 Å². The molecule has 0 saturated carbocycles. The number of phenols is 2. The van der Waals surface area contributed by atoms with Gasteiger partial charge in [0.25, 0.3) is 0 Å². The molecule has 0 aliphatic carbocycles. The maximum absolute atomic E-state index is 11.3. The number of rotatable bonds is 3. The third-order valence-electron chi connectivity index (χ3n) is 2.13. The number of Topliss-reactive ketones (excluding diaryl/α,β-unsaturated/α-hetero) is 1. The molecule has 0 aromatic heterocycles. The van der Waals surface area contributed by atoms with Crippen molar-refractivity contribution in [2.24, 2.45) is 0 Å². The summed E-state index contributed by atoms with van der Waals surface area (Å²) in [5.74, 6) is -2.00. The average molecular weight is 236 g/mol. The van der Waals surface area contributed by atoms with Crippen LogP contribution in [0.25, 0.3) is 6.08 Å². The minimum atomic E-state index is -0.791. The molecular formula is C12H12O5. The summed E-state index contributed by atoms with van der Waals surface area (Å²) in [5.41, 5.74) is -0.0333. The van der Waals surface area contributed by atoms with E-state index >= 15 is 0 Å². The van der Waals surface area contributed by atoms with Crippen molar-refractivity contribution < 1.29 is 24.5 Å². The van der Waals surface area contributed by atoms with Gasteiger partial charge in [0.15, 0.2) is 17.3 Å². The van der Waals surface area contributed by atoms with E-state index in [2.05, 4.69) is 4.74 Å². The zero-order chi connectivity index (χ0) is 13.0. The molecule has 5 heteroatoms. The number of esters is 1. The van der Waals surface area contributed by atoms with Gasteiger partial charge >= 0.3 is 5.97 Å². The predicted octanol–water partition coefficient (Wildman–Crippen LogP) is 1.24. The molecule has 0 amide bonds. The van der Waals surface area contributed by atoms with E-state index in [1.807, 2.05) is 0 Å². The van der Waals surface area contributed by atoms with Crippen molar-refractivity contribution in [1.82, 2.24) is 0 Å². The molecule has 5 nitrogen and oxygen atoms in total. The van der Waals surface area contributed by atoms with E-state index in [4.69, 9.17) is 0 Å². The lowest BCUT2D eigenvalue weighted by Gasteiger charge is -2.04. The Morgan fingerprint density at radius 1 is 1.29 bits per heavy atom. The molecule has 1 aromatic carbocycles. The van der Waals surface area contributed by atoms with Crippen LogP contribution in [0.3, 0.4) is 0 Å². The molecule has 2 N–H and O–H groups in total. The first-order chi connectivity index (χ1) is 7.97. The van der Waals surface area contributed by atoms with Crippen LogP contribution in [-0.2, 0) is 14.3 Å². The molecule has 0 unspecified atom stereocenters. The first kappa shape index (κ1) is 12.8. The van der Waals surface area contributed by atoms with E-state index in [9.17, 15) is 19.8 Å². The van der Waals surface area contributed by atoms with Crippen LogP contribution >= 0.6 is 0 Å². The number of ketones is 1. The number of benzene rings is 1. The van der Waals surface area contributed by atoms with Crippen molar-refractivity contribution in [3.8, 4) is 11.5 Å². The Hall–Kier alpha value is -2.30. The van der Waals surface area contributed by atoms with Gasteiger partial charge in [-0.25, -0.2) is 4.79 Å². The first-order valence-electron chi connectivity index (χ1n) is 4.79. The fraction of sp³-hybridized carbons (Fsp3) is 0.167. The molecular weight excluding hydrogens is 224 g/mol. The molecule has 0 radical (unpaired) electrons. The molecule has 1 rings (SSSR count). The Morgan fingerprint density at radius 3 is 2.47 bits per heavy atom. The number of phenolic OH excluding ortho intramolecular Hbond substituents is 2. The van der Waals surface area contributed by atoms with Crippen molar-refractivity contribution in [3.63, 3.8) is 0 Å². The molecule has 0 fully saturated rings. The monoisotopic (exact) mass is 236 g/mol. The number of methoxy groups -OCH3 is 1. The summed E-state index contributed by atoms with van der Waals surface area (Å²) in [7, 11) is 1.15. The van der Waals surface area contributed by atoms with E-state index in [-0.39, 0.29) is 16.9 Å². The quantitative estimate of drug-likeness (QED) is 0.271. The molecule has 0 atom stereocenters. The number of para-hydroxylation sites is 1. The highest BCUT2D eigenvalue weighted by molar-refractivity contribution is 6.19. The fourth-order valence-corrected chi connectivity index (χ4v) is 1.23. The predicted molar refractivity (Wildman–Crippen MR) is 60.4 cm³/mol. The molecule has 0 bridgehead atoms. The van der Waals surface area contributed by atoms with Crippen molar-refractivity contribution in [1.29, 1.82) is 0 Å². The van der Waals surface area contributed by atoms with Gasteiger partial charge < -0.3 is 14.9 Å². The Kier molecular flexibility index (Phi) is 3.87. The summed E-state index contributed by atoms with van der Waals surface area (Å²) in [6.45, 7) is 1.21. The minimum absolute atomic E-state index is 0.167. The van der Waals surface area contributed by atoms with Gasteiger partial charge in [-0.2, -0.15) is 0 Å². The Morgan fingerprint density at radius 2 is 1.94 bits per heavy atom. The third kappa shape index (κ3) is 2.84. The van der Waals surface area contributed by atoms with Crippen LogP contribution in [0, 0.1) is 0 Å². The smallest absolute Gasteiger partial charge is 0.341 e. The Balaban J connectivity index is 3.27. The van der Waals surface area contributed by atoms with Crippen LogP contribution in [0.5, 0.6) is 11.5 Å². The van der Waals surface area contributed by atoms with E-state index in [1.165, 1.54) is 31.2 Å². The first-order valence-corrected chi connectivity index (χ1v) is 4.79. The van der Waals surface area contributed by atoms with Gasteiger partial charge in [-0.3, -0.25) is 4.79 Å². The molecule has 1 aromatic rings. The van der Waals surface area contributed by atoms with Gasteiger partial charge in [-0.15, -0.1) is 0 Å². The molecule has 0 saturated heterocycles. The van der Waals surface area contributed by atoms with Crippen molar-refractivity contribution in [3.05, 3.63) is 29.3 Å². The number of hydrogen-bond donors (Lipinski definition) is 2. The van der Waals surface area contributed by atoms with Crippen molar-refractivity contribution >= 4 is 17.8 Å². The number of aromatic hydroxyl groups is 2. The second-order valence-electron chi connectivity index (χ2n) is 3.32. The summed E-state index contributed by atoms with van der Waals surface area (Å²) in [4.78, 5) is 22.5. The van der Waals surface area contributed by atoms with Crippen molar-refractivity contribution in [2.45, 2.75) is 6.92 Å². The second kappa shape index (κ2) is 5.16. The largest absolute Gasteiger partial charge is 0.504 e. The fourth-order valence-electron chi connectivity index (χ4n) is 1.23. The lowest BCUT2D eigenvalue weighted by Crippen LogP contribution is -2.11.